The lowest BCUT2D eigenvalue weighted by Crippen LogP contribution is -2.47. The number of nitrogens with zero attached hydrogens (tertiary/aromatic N) is 6. The molecule has 5 rings (SSSR count). The van der Waals surface area contributed by atoms with Crippen LogP contribution in [0.5, 0.6) is 5.75 Å². The average molecular weight is 644 g/mol. The van der Waals surface area contributed by atoms with E-state index in [4.69, 9.17) is 14.7 Å². The van der Waals surface area contributed by atoms with Gasteiger partial charge in [-0.3, -0.25) is 4.90 Å². The highest BCUT2D eigenvalue weighted by Crippen LogP contribution is 2.37. The van der Waals surface area contributed by atoms with Crippen molar-refractivity contribution >= 4 is 49.6 Å². The van der Waals surface area contributed by atoms with E-state index in [1.54, 1.807) is 17.6 Å². The van der Waals surface area contributed by atoms with Gasteiger partial charge in [-0.15, -0.1) is 11.3 Å². The summed E-state index contributed by atoms with van der Waals surface area (Å²) in [6.45, 7) is 18.6. The molecule has 0 amide bonds. The van der Waals surface area contributed by atoms with Crippen LogP contribution in [0.1, 0.15) is 63.1 Å². The number of aromatic nitrogens is 2. The molecule has 0 radical (unpaired) electrons. The van der Waals surface area contributed by atoms with E-state index in [1.165, 1.54) is 10.6 Å². The number of hydrogen-bond donors (Lipinski definition) is 2. The normalized spacial score (nSPS) is 18.0. The van der Waals surface area contributed by atoms with Gasteiger partial charge in [0.2, 0.25) is 16.0 Å². The van der Waals surface area contributed by atoms with Gasteiger partial charge in [0.15, 0.2) is 5.82 Å². The number of sulfonamides is 1. The maximum atomic E-state index is 11.9. The number of nitrogens with one attached hydrogen (secondary N) is 1. The van der Waals surface area contributed by atoms with Gasteiger partial charge in [0.25, 0.3) is 0 Å². The molecular weight excluding hydrogens is 599 g/mol. The van der Waals surface area contributed by atoms with E-state index in [1.807, 2.05) is 6.07 Å². The molecule has 44 heavy (non-hydrogen) atoms. The van der Waals surface area contributed by atoms with Crippen molar-refractivity contribution < 1.29 is 18.3 Å². The van der Waals surface area contributed by atoms with Crippen molar-refractivity contribution in [1.82, 2.24) is 19.2 Å². The fourth-order valence-corrected chi connectivity index (χ4v) is 7.42. The zero-order valence-electron chi connectivity index (χ0n) is 26.8. The molecule has 0 atom stereocenters. The number of aromatic hydroxyl groups is 1. The summed E-state index contributed by atoms with van der Waals surface area (Å²) in [7, 11) is -3.17. The number of fused-ring (bicyclic) bond motifs is 1. The van der Waals surface area contributed by atoms with E-state index in [-0.39, 0.29) is 16.6 Å². The van der Waals surface area contributed by atoms with E-state index >= 15 is 0 Å². The van der Waals surface area contributed by atoms with Crippen LogP contribution >= 0.6 is 11.3 Å². The average Bonchev–Trinajstić information content (AvgIpc) is 3.34. The topological polar surface area (TPSA) is 123 Å². The first kappa shape index (κ1) is 32.6. The lowest BCUT2D eigenvalue weighted by Gasteiger charge is -2.32. The number of morpholine rings is 1. The number of phenolic OH excluding ortho intramolecular Hbond substituents is 1. The fraction of sp³-hybridized carbons (Fsp3) is 0.581. The van der Waals surface area contributed by atoms with Crippen molar-refractivity contribution in [3.05, 3.63) is 39.8 Å². The van der Waals surface area contributed by atoms with Gasteiger partial charge in [-0.25, -0.2) is 18.8 Å². The van der Waals surface area contributed by atoms with Gasteiger partial charge in [-0.05, 0) is 28.5 Å². The Morgan fingerprint density at radius 3 is 2.30 bits per heavy atom. The first-order valence-corrected chi connectivity index (χ1v) is 17.7. The van der Waals surface area contributed by atoms with Gasteiger partial charge in [-0.2, -0.15) is 14.4 Å². The number of phenols is 1. The van der Waals surface area contributed by atoms with E-state index < -0.39 is 10.0 Å². The van der Waals surface area contributed by atoms with Crippen LogP contribution in [0.4, 0.5) is 11.8 Å². The van der Waals surface area contributed by atoms with Crippen molar-refractivity contribution in [3.63, 3.8) is 0 Å². The van der Waals surface area contributed by atoms with E-state index in [0.717, 1.165) is 51.7 Å². The number of hydrogen-bond acceptors (Lipinski definition) is 11. The number of piperazine rings is 1. The number of benzene rings is 1. The van der Waals surface area contributed by atoms with Crippen molar-refractivity contribution in [2.24, 2.45) is 5.10 Å². The number of rotatable bonds is 7. The van der Waals surface area contributed by atoms with Crippen molar-refractivity contribution in [2.75, 3.05) is 69.1 Å². The molecule has 240 valence electrons. The number of ether oxygens (including phenoxy) is 1. The molecule has 0 saturated carbocycles. The summed E-state index contributed by atoms with van der Waals surface area (Å²) in [4.78, 5) is 15.3. The molecule has 11 nitrogen and oxygen atoms in total. The quantitative estimate of drug-likeness (QED) is 0.286. The van der Waals surface area contributed by atoms with E-state index in [2.05, 4.69) is 74.0 Å². The van der Waals surface area contributed by atoms with Crippen LogP contribution < -0.4 is 10.3 Å². The SMILES string of the molecule is CC(C)(C)c1cc(/C=N/Nc2nc(N3CCOCC3)c3sc(CN4CCN(S(C)(=O)=O)CC4)cc3n2)c(O)c(C(C)(C)C)c1. The Morgan fingerprint density at radius 1 is 1.00 bits per heavy atom. The van der Waals surface area contributed by atoms with Gasteiger partial charge < -0.3 is 14.7 Å². The summed E-state index contributed by atoms with van der Waals surface area (Å²) in [5.41, 5.74) is 6.17. The molecule has 2 aromatic heterocycles. The third kappa shape index (κ3) is 7.51. The van der Waals surface area contributed by atoms with Gasteiger partial charge in [0.1, 0.15) is 5.75 Å². The summed E-state index contributed by atoms with van der Waals surface area (Å²) in [5.74, 6) is 1.45. The molecule has 1 aromatic carbocycles. The second-order valence-electron chi connectivity index (χ2n) is 13.7. The van der Waals surface area contributed by atoms with Gasteiger partial charge in [0, 0.05) is 61.8 Å². The van der Waals surface area contributed by atoms with Crippen LogP contribution in [0.3, 0.4) is 0 Å². The Bertz CT molecular complexity index is 1630. The predicted octanol–water partition coefficient (Wildman–Crippen LogP) is 4.35. The summed E-state index contributed by atoms with van der Waals surface area (Å²) in [5, 5.41) is 15.6. The van der Waals surface area contributed by atoms with Gasteiger partial charge in [-0.1, -0.05) is 47.6 Å². The number of hydrazone groups is 1. The monoisotopic (exact) mass is 643 g/mol. The summed E-state index contributed by atoms with van der Waals surface area (Å²) < 4.78 is 32.0. The molecule has 0 unspecified atom stereocenters. The minimum Gasteiger partial charge on any atom is -0.507 e. The maximum Gasteiger partial charge on any atom is 0.246 e. The molecule has 0 spiro atoms. The zero-order chi connectivity index (χ0) is 31.9. The third-order valence-electron chi connectivity index (χ3n) is 8.08. The highest BCUT2D eigenvalue weighted by Gasteiger charge is 2.26. The lowest BCUT2D eigenvalue weighted by molar-refractivity contribution is 0.122. The first-order valence-electron chi connectivity index (χ1n) is 15.1. The second kappa shape index (κ2) is 12.5. The Morgan fingerprint density at radius 2 is 1.68 bits per heavy atom. The number of thiophene rings is 1. The van der Waals surface area contributed by atoms with Crippen LogP contribution in [-0.2, 0) is 32.1 Å². The highest BCUT2D eigenvalue weighted by molar-refractivity contribution is 7.88. The molecule has 4 heterocycles. The standard InChI is InChI=1S/C31H45N7O4S2/c1-30(2,3)22-16-21(26(39)24(17-22)31(4,5)6)19-32-35-29-33-25-18-23(20-36-8-10-38(11-9-36)44(7,40)41)43-27(25)28(34-29)37-12-14-42-15-13-37/h16-19,39H,8-15,20H2,1-7H3,(H,33,34,35)/b32-19+. The van der Waals surface area contributed by atoms with E-state index in [0.29, 0.717) is 50.9 Å². The van der Waals surface area contributed by atoms with Crippen LogP contribution in [-0.4, -0.2) is 97.7 Å². The molecule has 2 N–H and O–H groups in total. The molecule has 3 aromatic rings. The minimum atomic E-state index is -3.17. The second-order valence-corrected chi connectivity index (χ2v) is 16.8. The summed E-state index contributed by atoms with van der Waals surface area (Å²) in [6.07, 6.45) is 2.90. The Kier molecular flexibility index (Phi) is 9.26. The smallest absolute Gasteiger partial charge is 0.246 e. The molecular formula is C31H45N7O4S2. The summed E-state index contributed by atoms with van der Waals surface area (Å²) >= 11 is 1.68. The Hall–Kier alpha value is -2.84. The zero-order valence-corrected chi connectivity index (χ0v) is 28.5. The molecule has 0 aliphatic carbocycles. The lowest BCUT2D eigenvalue weighted by atomic mass is 9.79. The van der Waals surface area contributed by atoms with Crippen molar-refractivity contribution in [2.45, 2.75) is 58.9 Å². The molecule has 2 aliphatic heterocycles. The fourth-order valence-electron chi connectivity index (χ4n) is 5.44. The Balaban J connectivity index is 1.42. The van der Waals surface area contributed by atoms with Gasteiger partial charge in [0.05, 0.1) is 35.9 Å². The molecule has 13 heteroatoms. The van der Waals surface area contributed by atoms with Crippen LogP contribution in [0.15, 0.2) is 23.3 Å². The van der Waals surface area contributed by atoms with Crippen molar-refractivity contribution in [1.29, 1.82) is 0 Å². The third-order valence-corrected chi connectivity index (χ3v) is 10.5. The largest absolute Gasteiger partial charge is 0.507 e. The van der Waals surface area contributed by atoms with Gasteiger partial charge >= 0.3 is 0 Å². The first-order chi connectivity index (χ1) is 20.6. The predicted molar refractivity (Wildman–Crippen MR) is 179 cm³/mol. The highest BCUT2D eigenvalue weighted by atomic mass is 32.2. The van der Waals surface area contributed by atoms with E-state index in [9.17, 15) is 13.5 Å². The van der Waals surface area contributed by atoms with Crippen LogP contribution in [0.2, 0.25) is 0 Å². The van der Waals surface area contributed by atoms with Crippen molar-refractivity contribution in [3.8, 4) is 5.75 Å². The maximum absolute atomic E-state index is 11.9. The molecule has 0 bridgehead atoms. The Labute approximate surface area is 265 Å². The number of anilines is 2. The minimum absolute atomic E-state index is 0.0944. The van der Waals surface area contributed by atoms with Crippen LogP contribution in [0, 0.1) is 0 Å². The molecule has 2 saturated heterocycles. The molecule has 2 aliphatic rings. The molecule has 2 fully saturated rings. The summed E-state index contributed by atoms with van der Waals surface area (Å²) in [6, 6.07) is 6.17. The van der Waals surface area contributed by atoms with Crippen LogP contribution in [0.25, 0.3) is 10.2 Å².